The quantitative estimate of drug-likeness (QED) is 0.711. The number of primary amides is 1. The van der Waals surface area contributed by atoms with Crippen molar-refractivity contribution in [3.8, 4) is 0 Å². The van der Waals surface area contributed by atoms with E-state index in [0.717, 1.165) is 0 Å². The van der Waals surface area contributed by atoms with Gasteiger partial charge in [-0.25, -0.2) is 0 Å². The molecule has 2 nitrogen and oxygen atoms in total. The Morgan fingerprint density at radius 1 is 0.815 bits per heavy atom. The zero-order chi connectivity index (χ0) is 20.7. The number of carbonyl (C=O) groups excluding carboxylic acids is 1. The highest BCUT2D eigenvalue weighted by molar-refractivity contribution is 5.92. The third-order valence-corrected chi connectivity index (χ3v) is 5.62. The van der Waals surface area contributed by atoms with E-state index in [-0.39, 0.29) is 5.56 Å². The second kappa shape index (κ2) is 5.11. The summed E-state index contributed by atoms with van der Waals surface area (Å²) in [6.07, 6.45) is -8.79. The average molecular weight is 405 g/mol. The van der Waals surface area contributed by atoms with Crippen molar-refractivity contribution in [2.75, 3.05) is 0 Å². The summed E-state index contributed by atoms with van der Waals surface area (Å²) in [7, 11) is 0. The van der Waals surface area contributed by atoms with Gasteiger partial charge in [0.1, 0.15) is 0 Å². The monoisotopic (exact) mass is 405 g/mol. The van der Waals surface area contributed by atoms with Crippen LogP contribution in [0.4, 0.5) is 39.5 Å². The molecule has 2 bridgehead atoms. The van der Waals surface area contributed by atoms with Crippen molar-refractivity contribution in [2.24, 2.45) is 11.1 Å². The molecular weight excluding hydrogens is 393 g/mol. The number of hydrogen-bond donors (Lipinski definition) is 1. The van der Waals surface area contributed by atoms with Crippen LogP contribution in [0.1, 0.15) is 35.2 Å². The van der Waals surface area contributed by atoms with Crippen LogP contribution in [0.5, 0.6) is 0 Å². The average Bonchev–Trinajstić information content (AvgIpc) is 2.43. The van der Waals surface area contributed by atoms with E-state index in [1.54, 1.807) is 0 Å². The first-order valence-electron chi connectivity index (χ1n) is 7.64. The van der Waals surface area contributed by atoms with Gasteiger partial charge in [0.25, 0.3) is 0 Å². The Morgan fingerprint density at radius 2 is 1.26 bits per heavy atom. The van der Waals surface area contributed by atoms with Gasteiger partial charge < -0.3 is 5.73 Å². The van der Waals surface area contributed by atoms with Crippen LogP contribution in [-0.2, 0) is 5.41 Å². The maximum absolute atomic E-state index is 14.2. The van der Waals surface area contributed by atoms with E-state index in [0.29, 0.717) is 5.56 Å². The molecule has 0 unspecified atom stereocenters. The van der Waals surface area contributed by atoms with E-state index >= 15 is 0 Å². The fourth-order valence-electron chi connectivity index (χ4n) is 4.12. The molecule has 0 heterocycles. The first-order chi connectivity index (χ1) is 12.0. The summed E-state index contributed by atoms with van der Waals surface area (Å²) in [6.45, 7) is 0. The predicted molar refractivity (Wildman–Crippen MR) is 73.8 cm³/mol. The number of hydrogen-bond acceptors (Lipinski definition) is 1. The van der Waals surface area contributed by atoms with Crippen molar-refractivity contribution < 1.29 is 44.3 Å². The number of halogens is 9. The van der Waals surface area contributed by atoms with Gasteiger partial charge in [0.05, 0.1) is 0 Å². The highest BCUT2D eigenvalue weighted by Gasteiger charge is 2.90. The summed E-state index contributed by atoms with van der Waals surface area (Å²) in [5, 5.41) is 0. The van der Waals surface area contributed by atoms with Crippen LogP contribution >= 0.6 is 0 Å². The van der Waals surface area contributed by atoms with Crippen LogP contribution in [0.3, 0.4) is 0 Å². The number of amides is 1. The van der Waals surface area contributed by atoms with Gasteiger partial charge in [-0.15, -0.1) is 0 Å². The third kappa shape index (κ3) is 2.25. The lowest BCUT2D eigenvalue weighted by Crippen LogP contribution is -2.78. The second-order valence-electron chi connectivity index (χ2n) is 7.25. The fraction of sp³-hybridized carbons (Fsp3) is 0.562. The molecule has 27 heavy (non-hydrogen) atoms. The van der Waals surface area contributed by atoms with Gasteiger partial charge in [0, 0.05) is 11.0 Å². The van der Waals surface area contributed by atoms with Crippen LogP contribution in [0.2, 0.25) is 0 Å². The molecule has 11 heteroatoms. The minimum Gasteiger partial charge on any atom is -0.366 e. The molecular formula is C16H12F9NO. The van der Waals surface area contributed by atoms with Crippen molar-refractivity contribution in [3.63, 3.8) is 0 Å². The molecule has 150 valence electrons. The van der Waals surface area contributed by atoms with E-state index in [1.807, 2.05) is 0 Å². The molecule has 0 spiro atoms. The van der Waals surface area contributed by atoms with Crippen molar-refractivity contribution >= 4 is 5.91 Å². The minimum absolute atomic E-state index is 0.113. The predicted octanol–water partition coefficient (Wildman–Crippen LogP) is 4.68. The first kappa shape index (κ1) is 19.8. The summed E-state index contributed by atoms with van der Waals surface area (Å²) in [4.78, 5) is 11.0. The Balaban J connectivity index is 1.83. The Labute approximate surface area is 146 Å². The van der Waals surface area contributed by atoms with E-state index in [2.05, 4.69) is 0 Å². The molecule has 1 aromatic rings. The highest BCUT2D eigenvalue weighted by atomic mass is 19.4. The first-order valence-corrected chi connectivity index (χ1v) is 7.64. The van der Waals surface area contributed by atoms with E-state index in [9.17, 15) is 44.3 Å². The highest BCUT2D eigenvalue weighted by Crippen LogP contribution is 2.81. The Kier molecular flexibility index (Phi) is 3.75. The lowest BCUT2D eigenvalue weighted by molar-refractivity contribution is -0.436. The molecule has 3 fully saturated rings. The lowest BCUT2D eigenvalue weighted by atomic mass is 9.31. The zero-order valence-electron chi connectivity index (χ0n) is 13.3. The van der Waals surface area contributed by atoms with Gasteiger partial charge in [-0.1, -0.05) is 12.1 Å². The van der Waals surface area contributed by atoms with Gasteiger partial charge in [-0.3, -0.25) is 4.79 Å². The molecule has 0 atom stereocenters. The summed E-state index contributed by atoms with van der Waals surface area (Å²) < 4.78 is 118. The molecule has 3 aliphatic carbocycles. The van der Waals surface area contributed by atoms with Gasteiger partial charge in [0.15, 0.2) is 0 Å². The number of nitrogens with two attached hydrogens (primary N) is 1. The number of benzene rings is 1. The molecule has 1 aromatic carbocycles. The molecule has 4 rings (SSSR count). The standard InChI is InChI=1S/C16H12F9NO/c17-13(18,14(19,20)15(21,22)16(23,24)25)12-5-11(6-12,7-12)9-3-1-8(2-4-9)10(26)27/h1-4H,5-7H2,(H2,26,27). The van der Waals surface area contributed by atoms with Gasteiger partial charge in [0.2, 0.25) is 5.91 Å². The van der Waals surface area contributed by atoms with E-state index < -0.39 is 59.9 Å². The maximum Gasteiger partial charge on any atom is 0.460 e. The molecule has 0 saturated heterocycles. The van der Waals surface area contributed by atoms with E-state index in [1.165, 1.54) is 24.3 Å². The summed E-state index contributed by atoms with van der Waals surface area (Å²) in [5.41, 5.74) is 1.92. The van der Waals surface area contributed by atoms with Crippen molar-refractivity contribution in [1.29, 1.82) is 0 Å². The fourth-order valence-corrected chi connectivity index (χ4v) is 4.12. The van der Waals surface area contributed by atoms with E-state index in [4.69, 9.17) is 5.73 Å². The Hall–Kier alpha value is -1.94. The number of rotatable bonds is 5. The Bertz CT molecular complexity index is 762. The normalized spacial score (nSPS) is 28.3. The summed E-state index contributed by atoms with van der Waals surface area (Å²) >= 11 is 0. The molecule has 0 aliphatic heterocycles. The molecule has 0 aromatic heterocycles. The molecule has 2 N–H and O–H groups in total. The van der Waals surface area contributed by atoms with Crippen molar-refractivity contribution in [1.82, 2.24) is 0 Å². The zero-order valence-corrected chi connectivity index (χ0v) is 13.3. The van der Waals surface area contributed by atoms with Crippen LogP contribution in [0, 0.1) is 5.41 Å². The topological polar surface area (TPSA) is 43.1 Å². The molecule has 0 radical (unpaired) electrons. The van der Waals surface area contributed by atoms with Gasteiger partial charge in [-0.05, 0) is 42.4 Å². The Morgan fingerprint density at radius 3 is 1.63 bits per heavy atom. The third-order valence-electron chi connectivity index (χ3n) is 5.62. The van der Waals surface area contributed by atoms with Crippen LogP contribution in [0.25, 0.3) is 0 Å². The SMILES string of the molecule is NC(=O)c1ccc(C23CC(C(F)(F)C(F)(F)C(F)(F)C(F)(F)F)(C2)C3)cc1. The maximum atomic E-state index is 14.2. The minimum atomic E-state index is -6.87. The van der Waals surface area contributed by atoms with Gasteiger partial charge in [-0.2, -0.15) is 39.5 Å². The smallest absolute Gasteiger partial charge is 0.366 e. The van der Waals surface area contributed by atoms with Crippen LogP contribution < -0.4 is 5.73 Å². The summed E-state index contributed by atoms with van der Waals surface area (Å²) in [6, 6.07) is 5.30. The van der Waals surface area contributed by atoms with Crippen molar-refractivity contribution in [2.45, 2.75) is 48.6 Å². The van der Waals surface area contributed by atoms with Gasteiger partial charge >= 0.3 is 23.9 Å². The molecule has 3 saturated carbocycles. The van der Waals surface area contributed by atoms with Crippen LogP contribution in [0.15, 0.2) is 24.3 Å². The molecule has 1 amide bonds. The van der Waals surface area contributed by atoms with Crippen LogP contribution in [-0.4, -0.2) is 29.9 Å². The largest absolute Gasteiger partial charge is 0.460 e. The van der Waals surface area contributed by atoms with Crippen molar-refractivity contribution in [3.05, 3.63) is 35.4 Å². The lowest BCUT2D eigenvalue weighted by Gasteiger charge is -2.73. The number of alkyl halides is 9. The summed E-state index contributed by atoms with van der Waals surface area (Å²) in [5.74, 6) is -19.7. The second-order valence-corrected chi connectivity index (χ2v) is 7.25. The molecule has 3 aliphatic rings. The number of carbonyl (C=O) groups is 1.